The third-order valence-electron chi connectivity index (χ3n) is 5.85. The lowest BCUT2D eigenvalue weighted by atomic mass is 9.94. The second-order valence-corrected chi connectivity index (χ2v) is 9.58. The number of carbonyl (C=O) groups excluding carboxylic acids is 1. The second-order valence-electron chi connectivity index (χ2n) is 8.49. The zero-order valence-corrected chi connectivity index (χ0v) is 17.8. The van der Waals surface area contributed by atoms with Crippen LogP contribution in [-0.2, 0) is 9.53 Å². The first kappa shape index (κ1) is 19.4. The smallest absolute Gasteiger partial charge is 0.270 e. The number of carbonyl (C=O) groups is 1. The van der Waals surface area contributed by atoms with Gasteiger partial charge in [0.25, 0.3) is 5.56 Å². The van der Waals surface area contributed by atoms with E-state index in [1.54, 1.807) is 6.20 Å². The molecule has 1 aromatic carbocycles. The Labute approximate surface area is 178 Å². The van der Waals surface area contributed by atoms with Crippen LogP contribution < -0.4 is 10.9 Å². The van der Waals surface area contributed by atoms with Crippen LogP contribution in [0.5, 0.6) is 0 Å². The SMILES string of the molecule is CC1(C)CC(n2[nH]c(=O)c3c2NC(=O)CSC3c2cccc3cccnc23)CCO1. The molecule has 2 N–H and O–H groups in total. The zero-order chi connectivity index (χ0) is 20.9. The summed E-state index contributed by atoms with van der Waals surface area (Å²) in [4.78, 5) is 30.3. The number of H-pyrrole nitrogens is 1. The van der Waals surface area contributed by atoms with Crippen molar-refractivity contribution in [3.63, 3.8) is 0 Å². The molecule has 8 heteroatoms. The van der Waals surface area contributed by atoms with Crippen LogP contribution >= 0.6 is 11.8 Å². The number of aromatic amines is 1. The summed E-state index contributed by atoms with van der Waals surface area (Å²) in [6.45, 7) is 4.73. The van der Waals surface area contributed by atoms with Gasteiger partial charge in [0.15, 0.2) is 0 Å². The minimum absolute atomic E-state index is 0.0555. The highest BCUT2D eigenvalue weighted by atomic mass is 32.2. The van der Waals surface area contributed by atoms with Crippen molar-refractivity contribution in [3.8, 4) is 0 Å². The van der Waals surface area contributed by atoms with Crippen molar-refractivity contribution in [2.45, 2.75) is 43.6 Å². The number of nitrogens with zero attached hydrogens (tertiary/aromatic N) is 2. The average Bonchev–Trinajstić information content (AvgIpc) is 2.93. The van der Waals surface area contributed by atoms with Crippen LogP contribution in [0, 0.1) is 0 Å². The molecule has 2 aromatic heterocycles. The molecule has 1 fully saturated rings. The topological polar surface area (TPSA) is 89.0 Å². The van der Waals surface area contributed by atoms with Crippen molar-refractivity contribution in [1.29, 1.82) is 0 Å². The van der Waals surface area contributed by atoms with Crippen molar-refractivity contribution >= 4 is 34.4 Å². The molecule has 2 atom stereocenters. The van der Waals surface area contributed by atoms with E-state index in [-0.39, 0.29) is 34.1 Å². The largest absolute Gasteiger partial charge is 0.375 e. The van der Waals surface area contributed by atoms with Gasteiger partial charge in [0.2, 0.25) is 5.91 Å². The van der Waals surface area contributed by atoms with Gasteiger partial charge in [-0.25, -0.2) is 0 Å². The maximum absolute atomic E-state index is 13.2. The van der Waals surface area contributed by atoms with Crippen LogP contribution in [0.4, 0.5) is 5.82 Å². The first-order chi connectivity index (χ1) is 14.4. The molecule has 3 aromatic rings. The number of para-hydroxylation sites is 1. The highest BCUT2D eigenvalue weighted by Gasteiger charge is 2.36. The maximum Gasteiger partial charge on any atom is 0.270 e. The molecule has 7 nitrogen and oxygen atoms in total. The molecule has 0 saturated carbocycles. The van der Waals surface area contributed by atoms with E-state index in [9.17, 15) is 9.59 Å². The second kappa shape index (κ2) is 7.28. The molecule has 0 aliphatic carbocycles. The summed E-state index contributed by atoms with van der Waals surface area (Å²) in [6.07, 6.45) is 3.30. The maximum atomic E-state index is 13.2. The number of anilines is 1. The number of benzene rings is 1. The minimum atomic E-state index is -0.282. The summed E-state index contributed by atoms with van der Waals surface area (Å²) >= 11 is 1.47. The Bertz CT molecular complexity index is 1180. The normalized spacial score (nSPS) is 23.6. The molecule has 156 valence electrons. The van der Waals surface area contributed by atoms with Crippen molar-refractivity contribution < 1.29 is 9.53 Å². The van der Waals surface area contributed by atoms with E-state index in [0.717, 1.165) is 29.3 Å². The van der Waals surface area contributed by atoms with Crippen molar-refractivity contribution in [2.24, 2.45) is 0 Å². The van der Waals surface area contributed by atoms with E-state index in [2.05, 4.69) is 29.2 Å². The van der Waals surface area contributed by atoms with Crippen LogP contribution in [-0.4, -0.2) is 38.6 Å². The molecule has 1 saturated heterocycles. The Kier molecular flexibility index (Phi) is 4.71. The summed E-state index contributed by atoms with van der Waals surface area (Å²) in [5, 5.41) is 6.75. The van der Waals surface area contributed by atoms with Gasteiger partial charge in [0.05, 0.1) is 33.7 Å². The molecule has 2 unspecified atom stereocenters. The number of amides is 1. The lowest BCUT2D eigenvalue weighted by Crippen LogP contribution is -2.36. The third-order valence-corrected chi connectivity index (χ3v) is 7.10. The number of aromatic nitrogens is 3. The van der Waals surface area contributed by atoms with Gasteiger partial charge < -0.3 is 10.1 Å². The Hall–Kier alpha value is -2.58. The zero-order valence-electron chi connectivity index (χ0n) is 17.0. The summed E-state index contributed by atoms with van der Waals surface area (Å²) in [7, 11) is 0. The van der Waals surface area contributed by atoms with Crippen LogP contribution in [0.25, 0.3) is 10.9 Å². The number of fused-ring (bicyclic) bond motifs is 2. The molecule has 0 bridgehead atoms. The predicted octanol–water partition coefficient (Wildman–Crippen LogP) is 3.63. The standard InChI is InChI=1S/C22H24N4O3S/c1-22(2)11-14(8-10-29-22)26-20-17(21(28)25-26)19(30-12-16(27)24-20)15-7-3-5-13-6-4-9-23-18(13)15/h3-7,9,14,19H,8,10-12H2,1-2H3,(H,24,27)(H,25,28). The number of ether oxygens (including phenoxy) is 1. The molecule has 1 amide bonds. The summed E-state index contributed by atoms with van der Waals surface area (Å²) < 4.78 is 7.71. The fraction of sp³-hybridized carbons (Fsp3) is 0.409. The predicted molar refractivity (Wildman–Crippen MR) is 118 cm³/mol. The van der Waals surface area contributed by atoms with Crippen LogP contribution in [0.1, 0.15) is 49.1 Å². The third kappa shape index (κ3) is 3.33. The van der Waals surface area contributed by atoms with Gasteiger partial charge in [-0.05, 0) is 38.3 Å². The summed E-state index contributed by atoms with van der Waals surface area (Å²) in [5.41, 5.74) is 1.96. The fourth-order valence-electron chi connectivity index (χ4n) is 4.52. The fourth-order valence-corrected chi connectivity index (χ4v) is 5.67. The molecule has 4 heterocycles. The molecule has 2 aliphatic heterocycles. The Balaban J connectivity index is 1.66. The number of rotatable bonds is 2. The number of hydrogen-bond acceptors (Lipinski definition) is 5. The Morgan fingerprint density at radius 3 is 2.90 bits per heavy atom. The first-order valence-electron chi connectivity index (χ1n) is 10.2. The van der Waals surface area contributed by atoms with Crippen LogP contribution in [0.3, 0.4) is 0 Å². The van der Waals surface area contributed by atoms with E-state index in [1.807, 2.05) is 35.0 Å². The van der Waals surface area contributed by atoms with Gasteiger partial charge in [0.1, 0.15) is 5.82 Å². The molecule has 0 radical (unpaired) electrons. The minimum Gasteiger partial charge on any atom is -0.375 e. The molecule has 30 heavy (non-hydrogen) atoms. The molecular formula is C22H24N4O3S. The van der Waals surface area contributed by atoms with Crippen molar-refractivity contribution in [2.75, 3.05) is 17.7 Å². The lowest BCUT2D eigenvalue weighted by Gasteiger charge is -2.36. The van der Waals surface area contributed by atoms with E-state index < -0.39 is 0 Å². The highest BCUT2D eigenvalue weighted by Crippen LogP contribution is 2.43. The van der Waals surface area contributed by atoms with Gasteiger partial charge in [-0.1, -0.05) is 24.3 Å². The van der Waals surface area contributed by atoms with Gasteiger partial charge >= 0.3 is 0 Å². The van der Waals surface area contributed by atoms with Gasteiger partial charge in [-0.3, -0.25) is 24.4 Å². The lowest BCUT2D eigenvalue weighted by molar-refractivity contribution is -0.113. The van der Waals surface area contributed by atoms with Crippen molar-refractivity contribution in [3.05, 3.63) is 58.0 Å². The van der Waals surface area contributed by atoms with Crippen LogP contribution in [0.15, 0.2) is 41.3 Å². The molecule has 0 spiro atoms. The quantitative estimate of drug-likeness (QED) is 0.656. The molecule has 2 aliphatic rings. The Morgan fingerprint density at radius 1 is 1.23 bits per heavy atom. The first-order valence-corrected chi connectivity index (χ1v) is 11.2. The van der Waals surface area contributed by atoms with Crippen LogP contribution in [0.2, 0.25) is 0 Å². The van der Waals surface area contributed by atoms with Gasteiger partial charge in [0, 0.05) is 18.2 Å². The monoisotopic (exact) mass is 424 g/mol. The van der Waals surface area contributed by atoms with E-state index >= 15 is 0 Å². The molecule has 5 rings (SSSR count). The van der Waals surface area contributed by atoms with Crippen molar-refractivity contribution in [1.82, 2.24) is 14.8 Å². The average molecular weight is 425 g/mol. The Morgan fingerprint density at radius 2 is 2.07 bits per heavy atom. The van der Waals surface area contributed by atoms with E-state index in [1.165, 1.54) is 11.8 Å². The van der Waals surface area contributed by atoms with Gasteiger partial charge in [-0.2, -0.15) is 0 Å². The van der Waals surface area contributed by atoms with Gasteiger partial charge in [-0.15, -0.1) is 11.8 Å². The highest BCUT2D eigenvalue weighted by molar-refractivity contribution is 8.00. The van der Waals surface area contributed by atoms with E-state index in [0.29, 0.717) is 18.0 Å². The summed E-state index contributed by atoms with van der Waals surface area (Å²) in [5.74, 6) is 0.757. The molecular weight excluding hydrogens is 400 g/mol. The summed E-state index contributed by atoms with van der Waals surface area (Å²) in [6, 6.07) is 9.96. The number of thioether (sulfide) groups is 1. The number of hydrogen-bond donors (Lipinski definition) is 2. The van der Waals surface area contributed by atoms with E-state index in [4.69, 9.17) is 4.74 Å². The number of pyridine rings is 1. The number of nitrogens with one attached hydrogen (secondary N) is 2.